The number of nitrogens with zero attached hydrogens (tertiary/aromatic N) is 1. The van der Waals surface area contributed by atoms with Gasteiger partial charge in [-0.3, -0.25) is 9.59 Å². The van der Waals surface area contributed by atoms with Gasteiger partial charge in [-0.1, -0.05) is 81.4 Å². The molecule has 1 heterocycles. The first-order chi connectivity index (χ1) is 23.0. The summed E-state index contributed by atoms with van der Waals surface area (Å²) in [6.45, 7) is 6.77. The first-order valence-corrected chi connectivity index (χ1v) is 17.5. The molecule has 7 nitrogen and oxygen atoms in total. The monoisotopic (exact) mass is 673 g/mol. The number of carboxylic acids is 1. The molecule has 0 fully saturated rings. The average molecular weight is 674 g/mol. The van der Waals surface area contributed by atoms with Gasteiger partial charge in [-0.05, 0) is 77.4 Å². The fourth-order valence-corrected chi connectivity index (χ4v) is 8.66. The van der Waals surface area contributed by atoms with Crippen LogP contribution in [-0.4, -0.2) is 22.9 Å². The van der Waals surface area contributed by atoms with Crippen LogP contribution in [0.3, 0.4) is 0 Å². The molecule has 1 aliphatic carbocycles. The van der Waals surface area contributed by atoms with E-state index in [1.54, 1.807) is 48.5 Å². The van der Waals surface area contributed by atoms with Gasteiger partial charge < -0.3 is 15.7 Å². The lowest BCUT2D eigenvalue weighted by molar-refractivity contribution is -0.115. The van der Waals surface area contributed by atoms with E-state index in [2.05, 4.69) is 37.5 Å². The molecule has 0 spiro atoms. The molecule has 9 heteroatoms. The van der Waals surface area contributed by atoms with Crippen LogP contribution in [-0.2, 0) is 17.6 Å². The SMILES string of the molecule is CC(C)(C)C1CCc2c(sc(NC(=O)C(Sc3cccc(NC(=O)c4cccc5cccc(C(=O)O)c45)c3)c3ccccc3)c2C#N)C1. The molecule has 3 N–H and O–H groups in total. The number of carboxylic acid groups (broad SMARTS) is 1. The van der Waals surface area contributed by atoms with Crippen molar-refractivity contribution < 1.29 is 19.5 Å². The first kappa shape index (κ1) is 33.0. The van der Waals surface area contributed by atoms with Crippen molar-refractivity contribution in [1.29, 1.82) is 5.26 Å². The standard InChI is InChI=1S/C39H35N3O4S2/c1-39(2,3)25-18-19-28-31(22-40)37(48-32(28)20-25)42-36(44)34(24-10-5-4-6-11-24)47-27-15-9-14-26(21-27)41-35(43)29-16-7-12-23-13-8-17-30(33(23)29)38(45)46/h4-17,21,25,34H,18-20H2,1-3H3,(H,41,43)(H,42,44)(H,45,46). The van der Waals surface area contributed by atoms with Gasteiger partial charge in [0.25, 0.3) is 5.91 Å². The van der Waals surface area contributed by atoms with Gasteiger partial charge in [0.1, 0.15) is 16.3 Å². The summed E-state index contributed by atoms with van der Waals surface area (Å²) in [5.74, 6) is -1.27. The first-order valence-electron chi connectivity index (χ1n) is 15.8. The van der Waals surface area contributed by atoms with Crippen molar-refractivity contribution in [3.63, 3.8) is 0 Å². The molecule has 1 aliphatic rings. The van der Waals surface area contributed by atoms with Crippen molar-refractivity contribution in [2.45, 2.75) is 50.2 Å². The van der Waals surface area contributed by atoms with E-state index in [4.69, 9.17) is 0 Å². The lowest BCUT2D eigenvalue weighted by Gasteiger charge is -2.33. The van der Waals surface area contributed by atoms with Gasteiger partial charge in [0.15, 0.2) is 0 Å². The summed E-state index contributed by atoms with van der Waals surface area (Å²) in [7, 11) is 0. The zero-order valence-electron chi connectivity index (χ0n) is 26.9. The number of amides is 2. The fourth-order valence-electron chi connectivity index (χ4n) is 6.30. The van der Waals surface area contributed by atoms with E-state index in [1.807, 2.05) is 36.4 Å². The quantitative estimate of drug-likeness (QED) is 0.141. The minimum atomic E-state index is -1.11. The Kier molecular flexibility index (Phi) is 9.40. The summed E-state index contributed by atoms with van der Waals surface area (Å²) in [5, 5.41) is 26.9. The summed E-state index contributed by atoms with van der Waals surface area (Å²) in [6.07, 6.45) is 2.75. The van der Waals surface area contributed by atoms with Crippen LogP contribution in [0.2, 0.25) is 0 Å². The molecule has 6 rings (SSSR count). The van der Waals surface area contributed by atoms with E-state index in [0.717, 1.165) is 35.3 Å². The predicted molar refractivity (Wildman–Crippen MR) is 193 cm³/mol. The van der Waals surface area contributed by atoms with Crippen LogP contribution < -0.4 is 10.6 Å². The molecular weight excluding hydrogens is 639 g/mol. The molecule has 4 aromatic carbocycles. The van der Waals surface area contributed by atoms with Crippen molar-refractivity contribution in [1.82, 2.24) is 0 Å². The number of fused-ring (bicyclic) bond motifs is 2. The van der Waals surface area contributed by atoms with Gasteiger partial charge in [-0.15, -0.1) is 23.1 Å². The Morgan fingerprint density at radius 2 is 1.65 bits per heavy atom. The van der Waals surface area contributed by atoms with Gasteiger partial charge >= 0.3 is 5.97 Å². The molecule has 48 heavy (non-hydrogen) atoms. The minimum absolute atomic E-state index is 0.0550. The Morgan fingerprint density at radius 1 is 0.938 bits per heavy atom. The second-order valence-corrected chi connectivity index (χ2v) is 15.3. The Balaban J connectivity index is 1.25. The second-order valence-electron chi connectivity index (χ2n) is 13.0. The molecule has 0 bridgehead atoms. The van der Waals surface area contributed by atoms with Crippen molar-refractivity contribution in [2.75, 3.05) is 10.6 Å². The molecule has 0 saturated carbocycles. The Bertz CT molecular complexity index is 2070. The number of aromatic carboxylic acids is 1. The number of nitriles is 1. The minimum Gasteiger partial charge on any atom is -0.478 e. The summed E-state index contributed by atoms with van der Waals surface area (Å²) in [4.78, 5) is 41.4. The number of hydrogen-bond acceptors (Lipinski definition) is 6. The number of thioether (sulfide) groups is 1. The highest BCUT2D eigenvalue weighted by Crippen LogP contribution is 2.45. The van der Waals surface area contributed by atoms with Gasteiger partial charge in [0, 0.05) is 26.4 Å². The van der Waals surface area contributed by atoms with E-state index in [0.29, 0.717) is 32.9 Å². The fraction of sp³-hybridized carbons (Fsp3) is 0.231. The van der Waals surface area contributed by atoms with Crippen LogP contribution in [0.15, 0.2) is 95.9 Å². The number of rotatable bonds is 8. The zero-order chi connectivity index (χ0) is 34.0. The Hall–Kier alpha value is -4.91. The third-order valence-electron chi connectivity index (χ3n) is 8.90. The highest BCUT2D eigenvalue weighted by molar-refractivity contribution is 8.00. The molecule has 0 radical (unpaired) electrons. The highest BCUT2D eigenvalue weighted by atomic mass is 32.2. The molecule has 2 unspecified atom stereocenters. The molecule has 5 aromatic rings. The van der Waals surface area contributed by atoms with E-state index in [-0.39, 0.29) is 22.4 Å². The van der Waals surface area contributed by atoms with Crippen molar-refractivity contribution in [3.05, 3.63) is 124 Å². The number of thiophene rings is 1. The summed E-state index contributed by atoms with van der Waals surface area (Å²) >= 11 is 2.86. The zero-order valence-corrected chi connectivity index (χ0v) is 28.5. The van der Waals surface area contributed by atoms with E-state index >= 15 is 0 Å². The topological polar surface area (TPSA) is 119 Å². The van der Waals surface area contributed by atoms with E-state index < -0.39 is 17.1 Å². The van der Waals surface area contributed by atoms with Crippen molar-refractivity contribution in [3.8, 4) is 6.07 Å². The summed E-state index contributed by atoms with van der Waals surface area (Å²) in [6, 6.07) is 29.1. The molecule has 1 aromatic heterocycles. The van der Waals surface area contributed by atoms with E-state index in [1.165, 1.54) is 34.0 Å². The third kappa shape index (κ3) is 6.86. The molecule has 2 amide bonds. The van der Waals surface area contributed by atoms with Crippen molar-refractivity contribution >= 4 is 62.3 Å². The molecule has 242 valence electrons. The Morgan fingerprint density at radius 3 is 2.33 bits per heavy atom. The van der Waals surface area contributed by atoms with Gasteiger partial charge in [-0.25, -0.2) is 4.79 Å². The number of anilines is 2. The van der Waals surface area contributed by atoms with Crippen molar-refractivity contribution in [2.24, 2.45) is 11.3 Å². The maximum atomic E-state index is 14.0. The maximum Gasteiger partial charge on any atom is 0.336 e. The summed E-state index contributed by atoms with van der Waals surface area (Å²) < 4.78 is 0. The highest BCUT2D eigenvalue weighted by Gasteiger charge is 2.33. The second kappa shape index (κ2) is 13.7. The van der Waals surface area contributed by atoms with Crippen LogP contribution >= 0.6 is 23.1 Å². The van der Waals surface area contributed by atoms with Gasteiger partial charge in [0.2, 0.25) is 5.91 Å². The van der Waals surface area contributed by atoms with Crippen LogP contribution in [0, 0.1) is 22.7 Å². The largest absolute Gasteiger partial charge is 0.478 e. The average Bonchev–Trinajstić information content (AvgIpc) is 3.42. The maximum absolute atomic E-state index is 14.0. The number of benzene rings is 4. The molecular formula is C39H35N3O4S2. The third-order valence-corrected chi connectivity index (χ3v) is 11.3. The number of carbonyl (C=O) groups excluding carboxylic acids is 2. The van der Waals surface area contributed by atoms with Crippen LogP contribution in [0.25, 0.3) is 10.8 Å². The Labute approximate surface area is 288 Å². The molecule has 2 atom stereocenters. The molecule has 0 saturated heterocycles. The smallest absolute Gasteiger partial charge is 0.336 e. The number of nitrogens with one attached hydrogen (secondary N) is 2. The van der Waals surface area contributed by atoms with Crippen LogP contribution in [0.4, 0.5) is 10.7 Å². The van der Waals surface area contributed by atoms with Crippen LogP contribution in [0.5, 0.6) is 0 Å². The lowest BCUT2D eigenvalue weighted by Crippen LogP contribution is -2.26. The lowest BCUT2D eigenvalue weighted by atomic mass is 9.72. The van der Waals surface area contributed by atoms with Gasteiger partial charge in [0.05, 0.1) is 11.1 Å². The van der Waals surface area contributed by atoms with Crippen LogP contribution in [0.1, 0.15) is 74.7 Å². The predicted octanol–water partition coefficient (Wildman–Crippen LogP) is 9.35. The molecule has 0 aliphatic heterocycles. The number of carbonyl (C=O) groups is 3. The number of hydrogen-bond donors (Lipinski definition) is 3. The summed E-state index contributed by atoms with van der Waals surface area (Å²) in [5.41, 5.74) is 3.42. The normalized spacial score (nSPS) is 14.8. The van der Waals surface area contributed by atoms with Gasteiger partial charge in [-0.2, -0.15) is 5.26 Å². The van der Waals surface area contributed by atoms with E-state index in [9.17, 15) is 24.8 Å².